The fourth-order valence-corrected chi connectivity index (χ4v) is 2.09. The number of nitrogen functional groups attached to an aromatic ring is 1. The first-order valence-electron chi connectivity index (χ1n) is 5.96. The van der Waals surface area contributed by atoms with E-state index in [1.165, 1.54) is 4.90 Å². The van der Waals surface area contributed by atoms with Gasteiger partial charge >= 0.3 is 5.97 Å². The number of nitrogens with two attached hydrogens (primary N) is 1. The predicted molar refractivity (Wildman–Crippen MR) is 68.2 cm³/mol. The number of nitrogens with zero attached hydrogens (tertiary/aromatic N) is 1. The van der Waals surface area contributed by atoms with Crippen LogP contribution in [0.15, 0.2) is 18.2 Å². The first kappa shape index (κ1) is 12.4. The van der Waals surface area contributed by atoms with Gasteiger partial charge in [-0.1, -0.05) is 0 Å². The number of carbonyl (C=O) groups is 2. The number of rotatable bonds is 3. The lowest BCUT2D eigenvalue weighted by Gasteiger charge is -2.28. The Labute approximate surface area is 106 Å². The van der Waals surface area contributed by atoms with Crippen LogP contribution in [0.1, 0.15) is 18.9 Å². The highest BCUT2D eigenvalue weighted by Gasteiger charge is 2.26. The normalized spacial score (nSPS) is 14.3. The van der Waals surface area contributed by atoms with Crippen molar-refractivity contribution in [2.24, 2.45) is 0 Å². The van der Waals surface area contributed by atoms with Gasteiger partial charge in [0.25, 0.3) is 0 Å². The van der Waals surface area contributed by atoms with Crippen LogP contribution in [-0.2, 0) is 20.7 Å². The van der Waals surface area contributed by atoms with Gasteiger partial charge in [-0.25, -0.2) is 0 Å². The van der Waals surface area contributed by atoms with Gasteiger partial charge in [0.2, 0.25) is 5.91 Å². The van der Waals surface area contributed by atoms with E-state index in [2.05, 4.69) is 0 Å². The number of hydrogen-bond donors (Lipinski definition) is 1. The summed E-state index contributed by atoms with van der Waals surface area (Å²) in [6.07, 6.45) is 1.06. The Kier molecular flexibility index (Phi) is 3.50. The second kappa shape index (κ2) is 5.08. The van der Waals surface area contributed by atoms with Crippen LogP contribution in [0.2, 0.25) is 0 Å². The third-order valence-corrected chi connectivity index (χ3v) is 2.90. The maximum Gasteiger partial charge on any atom is 0.326 e. The summed E-state index contributed by atoms with van der Waals surface area (Å²) in [7, 11) is 0. The minimum Gasteiger partial charge on any atom is -0.465 e. The van der Waals surface area contributed by atoms with Gasteiger partial charge in [-0.2, -0.15) is 0 Å². The molecule has 1 amide bonds. The average molecular weight is 248 g/mol. The highest BCUT2D eigenvalue weighted by molar-refractivity contribution is 6.00. The molecule has 0 atom stereocenters. The molecule has 0 spiro atoms. The summed E-state index contributed by atoms with van der Waals surface area (Å²) in [5, 5.41) is 0. The van der Waals surface area contributed by atoms with Gasteiger partial charge in [0, 0.05) is 17.8 Å². The van der Waals surface area contributed by atoms with E-state index in [1.54, 1.807) is 19.1 Å². The molecule has 1 aromatic rings. The van der Waals surface area contributed by atoms with Gasteiger partial charge in [0.15, 0.2) is 0 Å². The van der Waals surface area contributed by atoms with Gasteiger partial charge in [0.1, 0.15) is 6.54 Å². The molecule has 0 saturated carbocycles. The van der Waals surface area contributed by atoms with Gasteiger partial charge < -0.3 is 15.4 Å². The minimum absolute atomic E-state index is 0.0381. The Hall–Kier alpha value is -2.04. The fourth-order valence-electron chi connectivity index (χ4n) is 2.09. The van der Waals surface area contributed by atoms with Crippen LogP contribution in [0.3, 0.4) is 0 Å². The average Bonchev–Trinajstić information content (AvgIpc) is 2.33. The lowest BCUT2D eigenvalue weighted by Crippen LogP contribution is -2.39. The van der Waals surface area contributed by atoms with Gasteiger partial charge in [-0.15, -0.1) is 0 Å². The van der Waals surface area contributed by atoms with Crippen molar-refractivity contribution in [2.45, 2.75) is 19.8 Å². The zero-order valence-corrected chi connectivity index (χ0v) is 10.3. The van der Waals surface area contributed by atoms with E-state index in [0.29, 0.717) is 25.1 Å². The van der Waals surface area contributed by atoms with Crippen LogP contribution >= 0.6 is 0 Å². The van der Waals surface area contributed by atoms with Crippen LogP contribution < -0.4 is 10.6 Å². The van der Waals surface area contributed by atoms with Crippen molar-refractivity contribution in [3.05, 3.63) is 23.8 Å². The van der Waals surface area contributed by atoms with E-state index in [-0.39, 0.29) is 12.5 Å². The second-order valence-electron chi connectivity index (χ2n) is 4.17. The Morgan fingerprint density at radius 1 is 1.44 bits per heavy atom. The van der Waals surface area contributed by atoms with Crippen molar-refractivity contribution in [3.8, 4) is 0 Å². The lowest BCUT2D eigenvalue weighted by molar-refractivity contribution is -0.142. The number of aryl methyl sites for hydroxylation is 1. The summed E-state index contributed by atoms with van der Waals surface area (Å²) >= 11 is 0. The fraction of sp³-hybridized carbons (Fsp3) is 0.385. The van der Waals surface area contributed by atoms with Crippen LogP contribution in [0.4, 0.5) is 11.4 Å². The smallest absolute Gasteiger partial charge is 0.326 e. The molecule has 0 aromatic heterocycles. The highest BCUT2D eigenvalue weighted by Crippen LogP contribution is 2.29. The summed E-state index contributed by atoms with van der Waals surface area (Å²) in [5.41, 5.74) is 8.14. The molecule has 2 N–H and O–H groups in total. The summed E-state index contributed by atoms with van der Waals surface area (Å²) in [5.74, 6) is -0.448. The summed E-state index contributed by atoms with van der Waals surface area (Å²) in [6, 6.07) is 5.36. The third-order valence-electron chi connectivity index (χ3n) is 2.90. The number of carbonyl (C=O) groups excluding carboxylic acids is 2. The number of benzene rings is 1. The maximum absolute atomic E-state index is 11.9. The summed E-state index contributed by atoms with van der Waals surface area (Å²) in [6.45, 7) is 2.02. The first-order valence-corrected chi connectivity index (χ1v) is 5.96. The Morgan fingerprint density at radius 3 is 2.94 bits per heavy atom. The number of hydrogen-bond acceptors (Lipinski definition) is 4. The maximum atomic E-state index is 11.9. The summed E-state index contributed by atoms with van der Waals surface area (Å²) in [4.78, 5) is 24.8. The Balaban J connectivity index is 2.25. The molecule has 0 unspecified atom stereocenters. The van der Waals surface area contributed by atoms with Crippen LogP contribution in [0, 0.1) is 0 Å². The number of anilines is 2. The van der Waals surface area contributed by atoms with E-state index in [1.807, 2.05) is 6.07 Å². The monoisotopic (exact) mass is 248 g/mol. The molecule has 1 heterocycles. The number of amides is 1. The number of ether oxygens (including phenoxy) is 1. The molecule has 5 heteroatoms. The van der Waals surface area contributed by atoms with E-state index < -0.39 is 5.97 Å². The largest absolute Gasteiger partial charge is 0.465 e. The predicted octanol–water partition coefficient (Wildman–Crippen LogP) is 1.11. The number of esters is 1. The Bertz CT molecular complexity index is 485. The quantitative estimate of drug-likeness (QED) is 0.642. The van der Waals surface area contributed by atoms with Gasteiger partial charge in [-0.3, -0.25) is 9.59 Å². The summed E-state index contributed by atoms with van der Waals surface area (Å²) < 4.78 is 4.87. The molecule has 0 radical (unpaired) electrons. The van der Waals surface area contributed by atoms with E-state index in [9.17, 15) is 9.59 Å². The van der Waals surface area contributed by atoms with Crippen molar-refractivity contribution >= 4 is 23.3 Å². The first-order chi connectivity index (χ1) is 8.61. The molecule has 5 nitrogen and oxygen atoms in total. The molecule has 18 heavy (non-hydrogen) atoms. The second-order valence-corrected chi connectivity index (χ2v) is 4.17. The van der Waals surface area contributed by atoms with Crippen LogP contribution in [0.5, 0.6) is 0 Å². The molecule has 1 aromatic carbocycles. The molecular formula is C13H16N2O3. The zero-order chi connectivity index (χ0) is 13.1. The van der Waals surface area contributed by atoms with Crippen LogP contribution in [0.25, 0.3) is 0 Å². The molecule has 0 fully saturated rings. The van der Waals surface area contributed by atoms with Gasteiger partial charge in [0.05, 0.1) is 6.61 Å². The molecule has 96 valence electrons. The van der Waals surface area contributed by atoms with Crippen molar-refractivity contribution < 1.29 is 14.3 Å². The molecule has 0 aliphatic carbocycles. The van der Waals surface area contributed by atoms with E-state index >= 15 is 0 Å². The lowest BCUT2D eigenvalue weighted by atomic mass is 10.0. The van der Waals surface area contributed by atoms with Crippen molar-refractivity contribution in [1.82, 2.24) is 0 Å². The van der Waals surface area contributed by atoms with E-state index in [0.717, 1.165) is 11.3 Å². The Morgan fingerprint density at radius 2 is 2.22 bits per heavy atom. The topological polar surface area (TPSA) is 72.6 Å². The minimum atomic E-state index is -0.393. The van der Waals surface area contributed by atoms with Crippen molar-refractivity contribution in [3.63, 3.8) is 0 Å². The molecule has 0 bridgehead atoms. The van der Waals surface area contributed by atoms with E-state index in [4.69, 9.17) is 10.5 Å². The van der Waals surface area contributed by atoms with Crippen molar-refractivity contribution in [1.29, 1.82) is 0 Å². The molecule has 0 saturated heterocycles. The number of fused-ring (bicyclic) bond motifs is 1. The van der Waals surface area contributed by atoms with Crippen molar-refractivity contribution in [2.75, 3.05) is 23.8 Å². The third kappa shape index (κ3) is 2.45. The SMILES string of the molecule is CCOC(=O)CN1C(=O)CCc2cc(N)ccc21. The molecule has 1 aliphatic heterocycles. The zero-order valence-electron chi connectivity index (χ0n) is 10.3. The van der Waals surface area contributed by atoms with Crippen LogP contribution in [-0.4, -0.2) is 25.0 Å². The molecular weight excluding hydrogens is 232 g/mol. The van der Waals surface area contributed by atoms with Gasteiger partial charge in [-0.05, 0) is 37.1 Å². The molecule has 2 rings (SSSR count). The standard InChI is InChI=1S/C13H16N2O3/c1-2-18-13(17)8-15-11-5-4-10(14)7-9(11)3-6-12(15)16/h4-5,7H,2-3,6,8,14H2,1H3. The highest BCUT2D eigenvalue weighted by atomic mass is 16.5. The molecule has 1 aliphatic rings.